The predicted molar refractivity (Wildman–Crippen MR) is 39.0 cm³/mol. The van der Waals surface area contributed by atoms with Gasteiger partial charge in [-0.05, 0) is 0 Å². The quantitative estimate of drug-likeness (QED) is 0.469. The van der Waals surface area contributed by atoms with Gasteiger partial charge >= 0.3 is 0 Å². The van der Waals surface area contributed by atoms with Crippen LogP contribution in [0.25, 0.3) is 0 Å². The summed E-state index contributed by atoms with van der Waals surface area (Å²) < 4.78 is 0.830. The van der Waals surface area contributed by atoms with Gasteiger partial charge in [0.15, 0.2) is 0 Å². The van der Waals surface area contributed by atoms with Crippen LogP contribution in [0, 0.1) is 0 Å². The zero-order valence-corrected chi connectivity index (χ0v) is 6.26. The number of hydrogen-bond acceptors (Lipinski definition) is 1. The molecule has 0 radical (unpaired) electrons. The molecule has 1 aliphatic rings. The zero-order valence-electron chi connectivity index (χ0n) is 6.26. The van der Waals surface area contributed by atoms with Crippen molar-refractivity contribution < 1.29 is 4.48 Å². The molecule has 1 rings (SSSR count). The maximum absolute atomic E-state index is 4.22. The van der Waals surface area contributed by atoms with Crippen molar-refractivity contribution in [2.24, 2.45) is 4.99 Å². The third-order valence-electron chi connectivity index (χ3n) is 1.64. The molecule has 0 aliphatic carbocycles. The standard InChI is InChI=1S/C7H13N2/c1-4-7-8-5-6-9(7,2)3/h5-6H,4H2,1-3H3/q+1. The van der Waals surface area contributed by atoms with Crippen molar-refractivity contribution in [1.29, 1.82) is 0 Å². The summed E-state index contributed by atoms with van der Waals surface area (Å²) in [5, 5.41) is 0. The fraction of sp³-hybridized carbons (Fsp3) is 0.571. The highest BCUT2D eigenvalue weighted by molar-refractivity contribution is 5.77. The highest BCUT2D eigenvalue weighted by atomic mass is 15.4. The Morgan fingerprint density at radius 3 is 2.44 bits per heavy atom. The Balaban J connectivity index is 2.78. The average Bonchev–Trinajstić information content (AvgIpc) is 2.08. The van der Waals surface area contributed by atoms with Crippen LogP contribution in [0.3, 0.4) is 0 Å². The van der Waals surface area contributed by atoms with E-state index in [0.717, 1.165) is 10.9 Å². The summed E-state index contributed by atoms with van der Waals surface area (Å²) in [6, 6.07) is 0. The molecule has 0 saturated heterocycles. The SMILES string of the molecule is CCC1=NC=C[N+]1(C)C. The van der Waals surface area contributed by atoms with Crippen LogP contribution < -0.4 is 0 Å². The van der Waals surface area contributed by atoms with Crippen molar-refractivity contribution in [1.82, 2.24) is 0 Å². The Bertz CT molecular complexity index is 166. The molecule has 9 heavy (non-hydrogen) atoms. The lowest BCUT2D eigenvalue weighted by Crippen LogP contribution is -2.37. The van der Waals surface area contributed by atoms with Crippen LogP contribution in [0.4, 0.5) is 0 Å². The topological polar surface area (TPSA) is 12.4 Å². The first-order valence-electron chi connectivity index (χ1n) is 3.25. The van der Waals surface area contributed by atoms with Crippen LogP contribution in [-0.4, -0.2) is 24.4 Å². The van der Waals surface area contributed by atoms with Crippen LogP contribution in [0.2, 0.25) is 0 Å². The van der Waals surface area contributed by atoms with E-state index in [1.807, 2.05) is 6.20 Å². The van der Waals surface area contributed by atoms with Gasteiger partial charge < -0.3 is 0 Å². The van der Waals surface area contributed by atoms with Gasteiger partial charge in [-0.1, -0.05) is 6.92 Å². The predicted octanol–water partition coefficient (Wildman–Crippen LogP) is 1.36. The summed E-state index contributed by atoms with van der Waals surface area (Å²) in [5.74, 6) is 1.23. The van der Waals surface area contributed by atoms with E-state index in [4.69, 9.17) is 0 Å². The van der Waals surface area contributed by atoms with Crippen molar-refractivity contribution in [2.75, 3.05) is 14.1 Å². The maximum atomic E-state index is 4.22. The smallest absolute Gasteiger partial charge is 0.206 e. The molecule has 2 nitrogen and oxygen atoms in total. The Morgan fingerprint density at radius 1 is 1.56 bits per heavy atom. The molecule has 0 fully saturated rings. The molecule has 0 N–H and O–H groups in total. The average molecular weight is 125 g/mol. The Labute approximate surface area is 56.1 Å². The second kappa shape index (κ2) is 1.95. The van der Waals surface area contributed by atoms with Gasteiger partial charge in [0.25, 0.3) is 0 Å². The third-order valence-corrected chi connectivity index (χ3v) is 1.64. The van der Waals surface area contributed by atoms with Gasteiger partial charge in [0.1, 0.15) is 6.20 Å². The molecular formula is C7H13N2+. The first-order valence-corrected chi connectivity index (χ1v) is 3.25. The lowest BCUT2D eigenvalue weighted by Gasteiger charge is -2.20. The second-order valence-corrected chi connectivity index (χ2v) is 2.74. The summed E-state index contributed by atoms with van der Waals surface area (Å²) in [6.07, 6.45) is 5.00. The van der Waals surface area contributed by atoms with Crippen LogP contribution >= 0.6 is 0 Å². The highest BCUT2D eigenvalue weighted by Crippen LogP contribution is 2.11. The Morgan fingerprint density at radius 2 is 2.22 bits per heavy atom. The molecule has 0 aromatic heterocycles. The largest absolute Gasteiger partial charge is 0.256 e. The van der Waals surface area contributed by atoms with Gasteiger partial charge in [-0.3, -0.25) is 4.48 Å². The van der Waals surface area contributed by atoms with Crippen molar-refractivity contribution in [3.05, 3.63) is 12.4 Å². The monoisotopic (exact) mass is 125 g/mol. The number of nitrogens with zero attached hydrogens (tertiary/aromatic N) is 2. The number of quaternary nitrogens is 1. The second-order valence-electron chi connectivity index (χ2n) is 2.74. The van der Waals surface area contributed by atoms with Gasteiger partial charge in [-0.2, -0.15) is 0 Å². The van der Waals surface area contributed by atoms with Gasteiger partial charge in [0, 0.05) is 6.42 Å². The number of amidine groups is 1. The number of rotatable bonds is 1. The van der Waals surface area contributed by atoms with E-state index in [1.54, 1.807) is 0 Å². The normalized spacial score (nSPS) is 22.3. The molecule has 1 aliphatic heterocycles. The van der Waals surface area contributed by atoms with E-state index in [1.165, 1.54) is 5.84 Å². The number of aliphatic imine (C=N–C) groups is 1. The maximum Gasteiger partial charge on any atom is 0.206 e. The lowest BCUT2D eigenvalue weighted by molar-refractivity contribution is -0.741. The van der Waals surface area contributed by atoms with Gasteiger partial charge in [-0.15, -0.1) is 0 Å². The lowest BCUT2D eigenvalue weighted by atomic mass is 10.4. The summed E-state index contributed by atoms with van der Waals surface area (Å²) in [7, 11) is 4.26. The minimum absolute atomic E-state index is 0.830. The molecule has 0 spiro atoms. The highest BCUT2D eigenvalue weighted by Gasteiger charge is 2.22. The van der Waals surface area contributed by atoms with Crippen molar-refractivity contribution in [3.8, 4) is 0 Å². The van der Waals surface area contributed by atoms with Crippen molar-refractivity contribution in [2.45, 2.75) is 13.3 Å². The minimum Gasteiger partial charge on any atom is -0.256 e. The molecular weight excluding hydrogens is 112 g/mol. The minimum atomic E-state index is 0.830. The zero-order chi connectivity index (χ0) is 6.91. The first kappa shape index (κ1) is 6.49. The molecule has 0 aromatic carbocycles. The summed E-state index contributed by atoms with van der Waals surface area (Å²) >= 11 is 0. The van der Waals surface area contributed by atoms with Gasteiger partial charge in [-0.25, -0.2) is 4.99 Å². The fourth-order valence-corrected chi connectivity index (χ4v) is 1.02. The molecule has 0 aromatic rings. The molecule has 2 heteroatoms. The van der Waals surface area contributed by atoms with Crippen LogP contribution in [0.15, 0.2) is 17.4 Å². The van der Waals surface area contributed by atoms with Crippen LogP contribution in [0.5, 0.6) is 0 Å². The van der Waals surface area contributed by atoms with E-state index in [0.29, 0.717) is 0 Å². The van der Waals surface area contributed by atoms with Gasteiger partial charge in [0.05, 0.1) is 20.3 Å². The summed E-state index contributed by atoms with van der Waals surface area (Å²) in [5.41, 5.74) is 0. The van der Waals surface area contributed by atoms with Crippen LogP contribution in [-0.2, 0) is 0 Å². The molecule has 50 valence electrons. The molecule has 0 bridgehead atoms. The van der Waals surface area contributed by atoms with Crippen LogP contribution in [0.1, 0.15) is 13.3 Å². The first-order chi connectivity index (χ1) is 4.17. The Kier molecular flexibility index (Phi) is 1.41. The van der Waals surface area contributed by atoms with E-state index in [-0.39, 0.29) is 0 Å². The molecule has 0 atom stereocenters. The molecule has 1 heterocycles. The van der Waals surface area contributed by atoms with Crippen molar-refractivity contribution in [3.63, 3.8) is 0 Å². The van der Waals surface area contributed by atoms with E-state index < -0.39 is 0 Å². The van der Waals surface area contributed by atoms with Gasteiger partial charge in [0.2, 0.25) is 5.84 Å². The van der Waals surface area contributed by atoms with E-state index in [2.05, 4.69) is 32.2 Å². The van der Waals surface area contributed by atoms with Crippen molar-refractivity contribution >= 4 is 5.84 Å². The molecule has 0 saturated carbocycles. The fourth-order valence-electron chi connectivity index (χ4n) is 1.02. The summed E-state index contributed by atoms with van der Waals surface area (Å²) in [6.45, 7) is 2.13. The Hall–Kier alpha value is -0.630. The summed E-state index contributed by atoms with van der Waals surface area (Å²) in [4.78, 5) is 4.22. The molecule has 0 unspecified atom stereocenters. The van der Waals surface area contributed by atoms with E-state index in [9.17, 15) is 0 Å². The third kappa shape index (κ3) is 1.03. The molecule has 0 amide bonds. The number of hydrogen-bond donors (Lipinski definition) is 0. The van der Waals surface area contributed by atoms with E-state index >= 15 is 0 Å².